The Morgan fingerprint density at radius 3 is 2.41 bits per heavy atom. The summed E-state index contributed by atoms with van der Waals surface area (Å²) < 4.78 is 11.1. The van der Waals surface area contributed by atoms with E-state index in [-0.39, 0.29) is 24.6 Å². The lowest BCUT2D eigenvalue weighted by Crippen LogP contribution is -2.48. The number of hydrogen-bond acceptors (Lipinski definition) is 5. The predicted octanol–water partition coefficient (Wildman–Crippen LogP) is 3.47. The number of amides is 3. The number of nitrogens with one attached hydrogen (secondary N) is 1. The van der Waals surface area contributed by atoms with Crippen LogP contribution in [0, 0.1) is 0 Å². The maximum atomic E-state index is 13.3. The summed E-state index contributed by atoms with van der Waals surface area (Å²) in [7, 11) is 3.28. The smallest absolute Gasteiger partial charge is 0.326 e. The third-order valence-corrected chi connectivity index (χ3v) is 7.11. The summed E-state index contributed by atoms with van der Waals surface area (Å²) in [5.41, 5.74) is 2.73. The summed E-state index contributed by atoms with van der Waals surface area (Å²) in [4.78, 5) is 29.7. The monoisotopic (exact) mass is 435 g/mol. The van der Waals surface area contributed by atoms with Crippen molar-refractivity contribution in [2.24, 2.45) is 0 Å². The average molecular weight is 436 g/mol. The molecule has 7 heteroatoms. The van der Waals surface area contributed by atoms with Crippen LogP contribution in [0.4, 0.5) is 4.79 Å². The molecule has 168 valence electrons. The minimum absolute atomic E-state index is 0.0788. The van der Waals surface area contributed by atoms with Gasteiger partial charge in [0.25, 0.3) is 5.91 Å². The lowest BCUT2D eigenvalue weighted by Gasteiger charge is -2.39. The number of hydrogen-bond donors (Lipinski definition) is 1. The molecule has 0 radical (unpaired) electrons. The zero-order valence-corrected chi connectivity index (χ0v) is 18.6. The maximum Gasteiger partial charge on any atom is 0.326 e. The molecule has 32 heavy (non-hydrogen) atoms. The van der Waals surface area contributed by atoms with Crippen molar-refractivity contribution < 1.29 is 19.1 Å². The fourth-order valence-electron chi connectivity index (χ4n) is 5.48. The van der Waals surface area contributed by atoms with Gasteiger partial charge in [-0.2, -0.15) is 0 Å². The second-order valence-corrected chi connectivity index (χ2v) is 8.88. The van der Waals surface area contributed by atoms with Gasteiger partial charge in [0.05, 0.1) is 26.9 Å². The third-order valence-electron chi connectivity index (χ3n) is 7.11. The van der Waals surface area contributed by atoms with Crippen LogP contribution >= 0.6 is 0 Å². The van der Waals surface area contributed by atoms with Crippen LogP contribution < -0.4 is 14.8 Å². The van der Waals surface area contributed by atoms with Gasteiger partial charge in [0.1, 0.15) is 5.54 Å². The second-order valence-electron chi connectivity index (χ2n) is 8.88. The number of nitrogens with zero attached hydrogens (tertiary/aromatic N) is 2. The van der Waals surface area contributed by atoms with Gasteiger partial charge < -0.3 is 14.8 Å². The van der Waals surface area contributed by atoms with Crippen LogP contribution in [0.3, 0.4) is 0 Å². The first-order valence-electron chi connectivity index (χ1n) is 11.2. The fourth-order valence-corrected chi connectivity index (χ4v) is 5.48. The van der Waals surface area contributed by atoms with Crippen LogP contribution in [-0.4, -0.2) is 54.7 Å². The maximum absolute atomic E-state index is 13.3. The van der Waals surface area contributed by atoms with Gasteiger partial charge in [-0.3, -0.25) is 9.69 Å². The number of carbonyl (C=O) groups is 2. The van der Waals surface area contributed by atoms with Crippen LogP contribution in [0.25, 0.3) is 0 Å². The molecule has 5 rings (SSSR count). The van der Waals surface area contributed by atoms with Crippen LogP contribution in [-0.2, 0) is 11.2 Å². The number of methoxy groups -OCH3 is 2. The van der Waals surface area contributed by atoms with Gasteiger partial charge in [-0.15, -0.1) is 0 Å². The predicted molar refractivity (Wildman–Crippen MR) is 120 cm³/mol. The number of rotatable bonds is 5. The summed E-state index contributed by atoms with van der Waals surface area (Å²) in [6.07, 6.45) is 4.22. The Kier molecular flexibility index (Phi) is 5.29. The van der Waals surface area contributed by atoms with Gasteiger partial charge in [0.2, 0.25) is 0 Å². The van der Waals surface area contributed by atoms with Crippen molar-refractivity contribution in [2.75, 3.05) is 27.4 Å². The normalized spacial score (nSPS) is 22.2. The topological polar surface area (TPSA) is 71.1 Å². The molecule has 7 nitrogen and oxygen atoms in total. The van der Waals surface area contributed by atoms with Gasteiger partial charge in [0.15, 0.2) is 11.5 Å². The molecule has 1 saturated carbocycles. The lowest BCUT2D eigenvalue weighted by atomic mass is 9.88. The van der Waals surface area contributed by atoms with Crippen molar-refractivity contribution in [2.45, 2.75) is 43.7 Å². The summed E-state index contributed by atoms with van der Waals surface area (Å²) in [6, 6.07) is 13.9. The minimum atomic E-state index is -0.691. The van der Waals surface area contributed by atoms with E-state index in [4.69, 9.17) is 9.47 Å². The molecule has 3 aliphatic rings. The molecule has 0 unspecified atom stereocenters. The molecule has 1 N–H and O–H groups in total. The van der Waals surface area contributed by atoms with Crippen molar-refractivity contribution in [1.82, 2.24) is 15.1 Å². The highest BCUT2D eigenvalue weighted by Crippen LogP contribution is 2.42. The zero-order chi connectivity index (χ0) is 22.3. The van der Waals surface area contributed by atoms with E-state index in [1.165, 1.54) is 10.5 Å². The number of benzene rings is 2. The minimum Gasteiger partial charge on any atom is -0.493 e. The van der Waals surface area contributed by atoms with E-state index in [2.05, 4.69) is 22.3 Å². The van der Waals surface area contributed by atoms with E-state index in [0.717, 1.165) is 49.8 Å². The Morgan fingerprint density at radius 2 is 1.72 bits per heavy atom. The van der Waals surface area contributed by atoms with Crippen molar-refractivity contribution in [3.63, 3.8) is 0 Å². The molecule has 1 aliphatic carbocycles. The highest BCUT2D eigenvalue weighted by molar-refractivity contribution is 6.07. The Balaban J connectivity index is 1.51. The first-order chi connectivity index (χ1) is 15.6. The van der Waals surface area contributed by atoms with E-state index in [1.807, 2.05) is 30.3 Å². The summed E-state index contributed by atoms with van der Waals surface area (Å²) in [5.74, 6) is 1.31. The highest BCUT2D eigenvalue weighted by Gasteiger charge is 2.53. The van der Waals surface area contributed by atoms with E-state index >= 15 is 0 Å². The molecule has 1 saturated heterocycles. The molecule has 2 aromatic carbocycles. The van der Waals surface area contributed by atoms with Crippen LogP contribution in [0.1, 0.15) is 48.4 Å². The molecule has 1 atom stereocenters. The summed E-state index contributed by atoms with van der Waals surface area (Å²) >= 11 is 0. The third kappa shape index (κ3) is 3.32. The van der Waals surface area contributed by atoms with Gasteiger partial charge in [-0.05, 0) is 48.1 Å². The van der Waals surface area contributed by atoms with E-state index < -0.39 is 5.54 Å². The Labute approximate surface area is 188 Å². The van der Waals surface area contributed by atoms with Crippen molar-refractivity contribution in [3.05, 3.63) is 59.2 Å². The van der Waals surface area contributed by atoms with Gasteiger partial charge >= 0.3 is 6.03 Å². The Hall–Kier alpha value is -3.06. The molecule has 2 fully saturated rings. The molecular formula is C25H29N3O4. The first kappa shape index (κ1) is 20.8. The largest absolute Gasteiger partial charge is 0.493 e. The molecule has 3 amide bonds. The molecule has 0 bridgehead atoms. The Bertz CT molecular complexity index is 1030. The SMILES string of the molecule is COc1cc2c(cc1OC)[C@@H](c1ccccc1)N(CN1C(=O)NC3(CCCC3)C1=O)CC2. The number of carbonyl (C=O) groups excluding carboxylic acids is 2. The molecule has 2 aliphatic heterocycles. The van der Waals surface area contributed by atoms with Crippen LogP contribution in [0.15, 0.2) is 42.5 Å². The number of imide groups is 1. The van der Waals surface area contributed by atoms with Gasteiger partial charge in [-0.1, -0.05) is 43.2 Å². The number of fused-ring (bicyclic) bond motifs is 1. The van der Waals surface area contributed by atoms with E-state index in [9.17, 15) is 9.59 Å². The van der Waals surface area contributed by atoms with E-state index in [0.29, 0.717) is 11.5 Å². The second kappa shape index (κ2) is 8.13. The van der Waals surface area contributed by atoms with Gasteiger partial charge in [0, 0.05) is 6.54 Å². The van der Waals surface area contributed by atoms with E-state index in [1.54, 1.807) is 14.2 Å². The molecule has 0 aromatic heterocycles. The molecule has 2 heterocycles. The highest BCUT2D eigenvalue weighted by atomic mass is 16.5. The van der Waals surface area contributed by atoms with Crippen molar-refractivity contribution in [3.8, 4) is 11.5 Å². The number of urea groups is 1. The standard InChI is InChI=1S/C25H29N3O4/c1-31-20-14-18-10-13-27(16-28-23(29)25(26-24(28)30)11-6-7-12-25)22(17-8-4-3-5-9-17)19(18)15-21(20)32-2/h3-5,8-9,14-15,22H,6-7,10-13,16H2,1-2H3,(H,26,30)/t22-/m1/s1. The van der Waals surface area contributed by atoms with Crippen molar-refractivity contribution >= 4 is 11.9 Å². The molecular weight excluding hydrogens is 406 g/mol. The van der Waals surface area contributed by atoms with Crippen molar-refractivity contribution in [1.29, 1.82) is 0 Å². The molecule has 2 aromatic rings. The van der Waals surface area contributed by atoms with Crippen LogP contribution in [0.2, 0.25) is 0 Å². The molecule has 1 spiro atoms. The quantitative estimate of drug-likeness (QED) is 0.729. The average Bonchev–Trinajstić information content (AvgIpc) is 3.38. The van der Waals surface area contributed by atoms with Gasteiger partial charge in [-0.25, -0.2) is 9.69 Å². The summed E-state index contributed by atoms with van der Waals surface area (Å²) in [6.45, 7) is 0.992. The zero-order valence-electron chi connectivity index (χ0n) is 18.6. The first-order valence-corrected chi connectivity index (χ1v) is 11.2. The lowest BCUT2D eigenvalue weighted by molar-refractivity contribution is -0.132. The fraction of sp³-hybridized carbons (Fsp3) is 0.440. The summed E-state index contributed by atoms with van der Waals surface area (Å²) in [5, 5.41) is 3.00. The number of ether oxygens (including phenoxy) is 2. The van der Waals surface area contributed by atoms with Crippen LogP contribution in [0.5, 0.6) is 11.5 Å². The Morgan fingerprint density at radius 1 is 1.03 bits per heavy atom.